The molecule has 3 aromatic rings. The minimum Gasteiger partial charge on any atom is -0.839 e. The lowest BCUT2D eigenvalue weighted by Crippen LogP contribution is -2.59. The number of morpholine rings is 1. The van der Waals surface area contributed by atoms with Crippen LogP contribution in [0, 0.1) is 0 Å². The van der Waals surface area contributed by atoms with E-state index in [9.17, 15) is 34.8 Å². The third-order valence-corrected chi connectivity index (χ3v) is 12.4. The topological polar surface area (TPSA) is 200 Å². The average molecular weight is 767 g/mol. The highest BCUT2D eigenvalue weighted by Crippen LogP contribution is 2.52. The number of aliphatic hydroxyl groups is 1. The van der Waals surface area contributed by atoms with Crippen LogP contribution < -0.4 is 15.2 Å². The molecule has 2 saturated heterocycles. The summed E-state index contributed by atoms with van der Waals surface area (Å²) in [4.78, 5) is 47.8. The number of pyridine rings is 1. The Morgan fingerprint density at radius 2 is 1.92 bits per heavy atom. The van der Waals surface area contributed by atoms with Crippen LogP contribution in [0.4, 0.5) is 0 Å². The van der Waals surface area contributed by atoms with Gasteiger partial charge in [0.1, 0.15) is 27.9 Å². The number of ether oxygens (including phenoxy) is 4. The van der Waals surface area contributed by atoms with Crippen molar-refractivity contribution in [3.63, 3.8) is 0 Å². The maximum atomic E-state index is 14.0. The molecule has 4 N–H and O–H groups in total. The summed E-state index contributed by atoms with van der Waals surface area (Å²) in [6.45, 7) is 2.94. The van der Waals surface area contributed by atoms with E-state index in [1.165, 1.54) is 46.9 Å². The predicted octanol–water partition coefficient (Wildman–Crippen LogP) is 2.48. The lowest BCUT2D eigenvalue weighted by atomic mass is 9.72. The van der Waals surface area contributed by atoms with Crippen LogP contribution in [0.15, 0.2) is 47.6 Å². The van der Waals surface area contributed by atoms with Crippen molar-refractivity contribution in [2.24, 2.45) is 0 Å². The highest BCUT2D eigenvalue weighted by molar-refractivity contribution is 8.76. The molecule has 14 nitrogen and oxygen atoms in total. The Balaban J connectivity index is 1.21. The number of benzene rings is 2. The number of phenols is 2. The number of rotatable bonds is 10. The maximum absolute atomic E-state index is 14.0. The van der Waals surface area contributed by atoms with Crippen LogP contribution in [-0.2, 0) is 25.4 Å². The van der Waals surface area contributed by atoms with E-state index >= 15 is 0 Å². The highest BCUT2D eigenvalue weighted by atomic mass is 33.1. The van der Waals surface area contributed by atoms with Gasteiger partial charge in [-0.1, -0.05) is 29.0 Å². The largest absolute Gasteiger partial charge is 0.839 e. The van der Waals surface area contributed by atoms with E-state index in [0.29, 0.717) is 25.3 Å². The Hall–Kier alpha value is -3.74. The predicted molar refractivity (Wildman–Crippen MR) is 191 cm³/mol. The van der Waals surface area contributed by atoms with E-state index < -0.39 is 70.7 Å². The lowest BCUT2D eigenvalue weighted by Gasteiger charge is -2.49. The molecule has 2 aliphatic carbocycles. The molecule has 7 rings (SSSR count). The van der Waals surface area contributed by atoms with E-state index in [1.807, 2.05) is 30.0 Å². The summed E-state index contributed by atoms with van der Waals surface area (Å²) < 4.78 is 23.4. The second-order valence-electron chi connectivity index (χ2n) is 13.5. The quantitative estimate of drug-likeness (QED) is 0.104. The first-order valence-corrected chi connectivity index (χ1v) is 19.7. The molecule has 0 bridgehead atoms. The van der Waals surface area contributed by atoms with Crippen LogP contribution in [0.3, 0.4) is 0 Å². The first kappa shape index (κ1) is 37.6. The number of carbonyl (C=O) groups excluding carboxylic acids is 3. The summed E-state index contributed by atoms with van der Waals surface area (Å²) >= 11 is 0. The molecule has 0 radical (unpaired) electrons. The van der Waals surface area contributed by atoms with Gasteiger partial charge >= 0.3 is 0 Å². The zero-order valence-corrected chi connectivity index (χ0v) is 30.7. The Bertz CT molecular complexity index is 1900. The van der Waals surface area contributed by atoms with Crippen molar-refractivity contribution in [1.82, 2.24) is 15.2 Å². The van der Waals surface area contributed by atoms with Crippen LogP contribution in [0.5, 0.6) is 17.2 Å². The minimum absolute atomic E-state index is 0.0235. The van der Waals surface area contributed by atoms with Crippen LogP contribution >= 0.6 is 21.6 Å². The van der Waals surface area contributed by atoms with Gasteiger partial charge in [-0.3, -0.25) is 14.4 Å². The number of nitrogens with zero attached hydrogens (tertiary/aromatic N) is 2. The molecule has 0 saturated carbocycles. The van der Waals surface area contributed by atoms with Gasteiger partial charge in [-0.2, -0.15) is 0 Å². The summed E-state index contributed by atoms with van der Waals surface area (Å²) in [5.74, 6) is -2.85. The van der Waals surface area contributed by atoms with E-state index in [1.54, 1.807) is 6.20 Å². The second-order valence-corrected chi connectivity index (χ2v) is 16.0. The van der Waals surface area contributed by atoms with Gasteiger partial charge in [0, 0.05) is 73.6 Å². The van der Waals surface area contributed by atoms with E-state index in [4.69, 9.17) is 18.9 Å². The molecule has 2 aromatic carbocycles. The zero-order valence-electron chi connectivity index (χ0n) is 29.1. The van der Waals surface area contributed by atoms with Crippen molar-refractivity contribution < 1.29 is 53.8 Å². The van der Waals surface area contributed by atoms with Crippen LogP contribution in [-0.4, -0.2) is 112 Å². The summed E-state index contributed by atoms with van der Waals surface area (Å²) in [6.07, 6.45) is -2.02. The molecule has 1 aromatic heterocycles. The number of aromatic hydroxyl groups is 2. The number of ketones is 2. The molecule has 1 unspecified atom stereocenters. The number of hydrogen-bond acceptors (Lipinski definition) is 15. The summed E-state index contributed by atoms with van der Waals surface area (Å²) in [6, 6.07) is 9.81. The van der Waals surface area contributed by atoms with Gasteiger partial charge in [-0.15, -0.1) is 0 Å². The molecule has 4 aliphatic rings. The fourth-order valence-electron chi connectivity index (χ4n) is 7.70. The lowest BCUT2D eigenvalue weighted by molar-refractivity contribution is -0.477. The Labute approximate surface area is 313 Å². The summed E-state index contributed by atoms with van der Waals surface area (Å²) in [5.41, 5.74) is -3.24. The average Bonchev–Trinajstić information content (AvgIpc) is 3.14. The monoisotopic (exact) mass is 766 g/mol. The van der Waals surface area contributed by atoms with E-state index in [-0.39, 0.29) is 66.1 Å². The van der Waals surface area contributed by atoms with Crippen LogP contribution in [0.1, 0.15) is 75.3 Å². The smallest absolute Gasteiger partial charge is 0.252 e. The summed E-state index contributed by atoms with van der Waals surface area (Å²) in [7, 11) is 4.26. The fraction of sp³-hybridized carbons (Fsp3) is 0.459. The standard InChI is InChI=1S/C37H40N3O11S2/c1-19-14-20(40-11-12-49-18-26(40)41)15-27(50-19)51-24-17-37(47,36(46)39-10-13-52-53-25-8-3-4-9-38-25)16-22-29(24)35(45)31-30(33(22)43)32(42)21-6-5-7-23(48-2)28(21)34(31)44/h3-9,19-20,24,26-27,43,45,47H,10-18H2,1-2H3,(H,39,46)/q-1/t19-,20?,24-,26+,27-,37-/m0/s1. The van der Waals surface area contributed by atoms with Crippen molar-refractivity contribution in [2.45, 2.75) is 74.0 Å². The number of hydrogen-bond donors (Lipinski definition) is 4. The molecule has 2 aliphatic heterocycles. The second kappa shape index (κ2) is 15.5. The Morgan fingerprint density at radius 1 is 1.11 bits per heavy atom. The minimum atomic E-state index is -2.17. The van der Waals surface area contributed by atoms with E-state index in [0.717, 1.165) is 5.03 Å². The number of phenolic OH excluding ortho intramolecular Hbond substituents is 2. The van der Waals surface area contributed by atoms with Gasteiger partial charge in [0.05, 0.1) is 42.6 Å². The van der Waals surface area contributed by atoms with Gasteiger partial charge in [-0.05, 0) is 48.6 Å². The fourth-order valence-corrected chi connectivity index (χ4v) is 9.49. The number of nitrogens with one attached hydrogen (secondary N) is 1. The summed E-state index contributed by atoms with van der Waals surface area (Å²) in [5, 5.41) is 52.2. The molecular formula is C37H40N3O11S2-. The molecule has 2 fully saturated rings. The molecule has 282 valence electrons. The van der Waals surface area contributed by atoms with Crippen LogP contribution in [0.25, 0.3) is 0 Å². The number of methoxy groups -OCH3 is 1. The van der Waals surface area contributed by atoms with Gasteiger partial charge in [0.2, 0.25) is 5.78 Å². The number of carbonyl (C=O) groups is 3. The zero-order chi connectivity index (χ0) is 37.4. The van der Waals surface area contributed by atoms with Crippen molar-refractivity contribution in [1.29, 1.82) is 0 Å². The normalized spacial score (nSPS) is 27.1. The Morgan fingerprint density at radius 3 is 2.68 bits per heavy atom. The van der Waals surface area contributed by atoms with Crippen molar-refractivity contribution >= 4 is 39.1 Å². The van der Waals surface area contributed by atoms with Crippen molar-refractivity contribution in [2.75, 3.05) is 39.2 Å². The molecule has 53 heavy (non-hydrogen) atoms. The number of fused-ring (bicyclic) bond motifs is 3. The highest BCUT2D eigenvalue weighted by Gasteiger charge is 2.50. The van der Waals surface area contributed by atoms with Crippen LogP contribution in [0.2, 0.25) is 0 Å². The first-order chi connectivity index (χ1) is 25.5. The molecule has 16 heteroatoms. The van der Waals surface area contributed by atoms with Gasteiger partial charge in [0.15, 0.2) is 12.1 Å². The Kier molecular flexibility index (Phi) is 11.0. The van der Waals surface area contributed by atoms with Crippen molar-refractivity contribution in [3.8, 4) is 17.2 Å². The molecule has 3 heterocycles. The molecular weight excluding hydrogens is 727 g/mol. The molecule has 1 amide bonds. The maximum Gasteiger partial charge on any atom is 0.252 e. The van der Waals surface area contributed by atoms with Crippen molar-refractivity contribution in [3.05, 3.63) is 76.0 Å². The van der Waals surface area contributed by atoms with Gasteiger partial charge < -0.3 is 49.6 Å². The SMILES string of the molecule is COc1cccc2c1C(=O)c1c(O)c3c(c(O)c1C2=O)C[C@@](O)(C(=O)NCCSSc1ccccn1)C[C@@H]3O[C@H]1CC(N2CCOC[C@H]2[O-])C[C@H](C)O1. The third-order valence-electron chi connectivity index (χ3n) is 10.1. The number of aromatic nitrogens is 1. The number of amides is 1. The van der Waals surface area contributed by atoms with E-state index in [2.05, 4.69) is 10.3 Å². The first-order valence-electron chi connectivity index (χ1n) is 17.4. The molecule has 6 atom stereocenters. The third kappa shape index (κ3) is 7.26. The molecule has 0 spiro atoms. The van der Waals surface area contributed by atoms with Gasteiger partial charge in [0.25, 0.3) is 5.91 Å². The van der Waals surface area contributed by atoms with Gasteiger partial charge in [-0.25, -0.2) is 4.98 Å².